The summed E-state index contributed by atoms with van der Waals surface area (Å²) in [7, 11) is -3.03. The minimum absolute atomic E-state index is 1.12. The van der Waals surface area contributed by atoms with E-state index in [2.05, 4.69) is 277 Å². The number of para-hydroxylation sites is 2. The number of hydrogen-bond donors (Lipinski definition) is 0. The van der Waals surface area contributed by atoms with E-state index in [0.29, 0.717) is 0 Å². The fourth-order valence-electron chi connectivity index (χ4n) is 12.5. The van der Waals surface area contributed by atoms with Crippen LogP contribution in [0.3, 0.4) is 0 Å². The fourth-order valence-corrected chi connectivity index (χ4v) is 17.7. The Hall–Kier alpha value is -9.02. The molecule has 1 aliphatic rings. The van der Waals surface area contributed by atoms with Gasteiger partial charge in [0.15, 0.2) is 8.07 Å². The van der Waals surface area contributed by atoms with E-state index in [4.69, 9.17) is 0 Å². The lowest BCUT2D eigenvalue weighted by molar-refractivity contribution is 1.29. The van der Waals surface area contributed by atoms with Crippen molar-refractivity contribution in [3.05, 3.63) is 267 Å². The van der Waals surface area contributed by atoms with Crippen LogP contribution in [-0.2, 0) is 0 Å². The standard InChI is InChI=1S/C68H44N2Si/c1-5-19-53(20-6-1)69(57-39-49-31-27-45-15-13-16-46-28-32-50(40-57)67(49)65(45)46)55-35-37-61-62-38-36-56(44-64(62)71(63(61)43-55,59-23-9-3-10-24-59)60-25-11-4-12-26-60)70(54-21-7-2-8-22-54)58-41-51-33-29-47-17-14-18-48-30-34-52(42-58)68(51)66(47)48/h1-44H. The van der Waals surface area contributed by atoms with Gasteiger partial charge in [-0.1, -0.05) is 194 Å². The van der Waals surface area contributed by atoms with E-state index < -0.39 is 8.07 Å². The van der Waals surface area contributed by atoms with Crippen molar-refractivity contribution in [3.8, 4) is 11.1 Å². The Balaban J connectivity index is 0.968. The van der Waals surface area contributed by atoms with Crippen LogP contribution in [0, 0.1) is 0 Å². The number of fused-ring (bicyclic) bond motifs is 3. The zero-order chi connectivity index (χ0) is 46.6. The summed E-state index contributed by atoms with van der Waals surface area (Å²) >= 11 is 0. The van der Waals surface area contributed by atoms with Crippen LogP contribution in [0.4, 0.5) is 34.1 Å². The van der Waals surface area contributed by atoms with Crippen molar-refractivity contribution in [1.82, 2.24) is 0 Å². The monoisotopic (exact) mass is 916 g/mol. The summed E-state index contributed by atoms with van der Waals surface area (Å²) in [6.45, 7) is 0. The summed E-state index contributed by atoms with van der Waals surface area (Å²) in [5.41, 5.74) is 9.39. The molecule has 0 bridgehead atoms. The second-order valence-electron chi connectivity index (χ2n) is 19.2. The highest BCUT2D eigenvalue weighted by Gasteiger charge is 2.49. The highest BCUT2D eigenvalue weighted by Crippen LogP contribution is 2.45. The summed E-state index contributed by atoms with van der Waals surface area (Å²) in [6.07, 6.45) is 0. The molecule has 0 atom stereocenters. The lowest BCUT2D eigenvalue weighted by Crippen LogP contribution is -2.72. The van der Waals surface area contributed by atoms with Crippen LogP contribution in [-0.4, -0.2) is 8.07 Å². The molecule has 15 rings (SSSR count). The van der Waals surface area contributed by atoms with Crippen molar-refractivity contribution < 1.29 is 0 Å². The Bertz CT molecular complexity index is 3930. The van der Waals surface area contributed by atoms with Gasteiger partial charge < -0.3 is 9.80 Å². The molecule has 330 valence electrons. The summed E-state index contributed by atoms with van der Waals surface area (Å²) < 4.78 is 0. The molecule has 0 spiro atoms. The molecule has 0 aromatic heterocycles. The Kier molecular flexibility index (Phi) is 8.71. The quantitative estimate of drug-likeness (QED) is 0.111. The first-order valence-corrected chi connectivity index (χ1v) is 26.7. The van der Waals surface area contributed by atoms with Crippen LogP contribution in [0.15, 0.2) is 267 Å². The maximum absolute atomic E-state index is 3.03. The van der Waals surface area contributed by atoms with E-state index in [0.717, 1.165) is 34.1 Å². The van der Waals surface area contributed by atoms with Gasteiger partial charge in [0, 0.05) is 34.1 Å². The number of hydrogen-bond acceptors (Lipinski definition) is 2. The van der Waals surface area contributed by atoms with Crippen molar-refractivity contribution in [3.63, 3.8) is 0 Å². The third kappa shape index (κ3) is 5.94. The van der Waals surface area contributed by atoms with E-state index in [1.807, 2.05) is 0 Å². The van der Waals surface area contributed by atoms with Crippen molar-refractivity contribution in [1.29, 1.82) is 0 Å². The van der Waals surface area contributed by atoms with Crippen molar-refractivity contribution in [2.24, 2.45) is 0 Å². The molecular weight excluding hydrogens is 873 g/mol. The van der Waals surface area contributed by atoms with Gasteiger partial charge in [0.1, 0.15) is 0 Å². The molecular formula is C68H44N2Si. The van der Waals surface area contributed by atoms with Gasteiger partial charge in [0.25, 0.3) is 0 Å². The third-order valence-corrected chi connectivity index (χ3v) is 20.3. The maximum atomic E-state index is 2.55. The molecule has 2 nitrogen and oxygen atoms in total. The molecule has 1 aliphatic heterocycles. The average molecular weight is 917 g/mol. The minimum atomic E-state index is -3.03. The summed E-state index contributed by atoms with van der Waals surface area (Å²) in [5.74, 6) is 0. The largest absolute Gasteiger partial charge is 0.310 e. The summed E-state index contributed by atoms with van der Waals surface area (Å²) in [5, 5.41) is 20.9. The molecule has 1 heterocycles. The smallest absolute Gasteiger partial charge is 0.181 e. The zero-order valence-corrected chi connectivity index (χ0v) is 39.8. The van der Waals surface area contributed by atoms with Crippen molar-refractivity contribution in [2.75, 3.05) is 9.80 Å². The number of rotatable bonds is 8. The fraction of sp³-hybridized carbons (Fsp3) is 0. The molecule has 0 amide bonds. The lowest BCUT2D eigenvalue weighted by atomic mass is 9.93. The van der Waals surface area contributed by atoms with E-state index >= 15 is 0 Å². The molecule has 0 saturated carbocycles. The van der Waals surface area contributed by atoms with Gasteiger partial charge >= 0.3 is 0 Å². The predicted molar refractivity (Wildman–Crippen MR) is 306 cm³/mol. The second kappa shape index (κ2) is 15.5. The van der Waals surface area contributed by atoms with E-state index in [1.54, 1.807) is 0 Å². The van der Waals surface area contributed by atoms with Crippen LogP contribution >= 0.6 is 0 Å². The molecule has 0 saturated heterocycles. The number of benzene rings is 14. The van der Waals surface area contributed by atoms with Crippen LogP contribution in [0.5, 0.6) is 0 Å². The first-order chi connectivity index (χ1) is 35.2. The second-order valence-corrected chi connectivity index (χ2v) is 23.0. The van der Waals surface area contributed by atoms with Crippen molar-refractivity contribution >= 4 is 128 Å². The number of anilines is 6. The van der Waals surface area contributed by atoms with Gasteiger partial charge in [-0.05, 0) is 169 Å². The van der Waals surface area contributed by atoms with E-state index in [1.165, 1.54) is 96.5 Å². The van der Waals surface area contributed by atoms with Gasteiger partial charge in [-0.3, -0.25) is 0 Å². The van der Waals surface area contributed by atoms with Gasteiger partial charge in [0.2, 0.25) is 0 Å². The molecule has 0 fully saturated rings. The molecule has 14 aromatic rings. The van der Waals surface area contributed by atoms with Gasteiger partial charge in [0.05, 0.1) is 0 Å². The van der Waals surface area contributed by atoms with Gasteiger partial charge in [-0.15, -0.1) is 0 Å². The Morgan fingerprint density at radius 2 is 0.521 bits per heavy atom. The Morgan fingerprint density at radius 3 is 0.873 bits per heavy atom. The highest BCUT2D eigenvalue weighted by molar-refractivity contribution is 7.22. The van der Waals surface area contributed by atoms with Crippen LogP contribution in [0.2, 0.25) is 0 Å². The predicted octanol–water partition coefficient (Wildman–Crippen LogP) is 15.8. The van der Waals surface area contributed by atoms with E-state index in [9.17, 15) is 0 Å². The van der Waals surface area contributed by atoms with E-state index in [-0.39, 0.29) is 0 Å². The zero-order valence-electron chi connectivity index (χ0n) is 38.8. The molecule has 71 heavy (non-hydrogen) atoms. The molecule has 3 heteroatoms. The van der Waals surface area contributed by atoms with Crippen LogP contribution < -0.4 is 30.5 Å². The SMILES string of the molecule is c1ccc(N(c2ccc3c(c2)[Si](c2ccccc2)(c2ccccc2)c2cc(N(c4ccccc4)c4cc5ccc6cccc7ccc(c4)c5c67)ccc2-3)c2cc3ccc4cccc5ccc(c2)c3c45)cc1. The maximum Gasteiger partial charge on any atom is 0.181 e. The van der Waals surface area contributed by atoms with Gasteiger partial charge in [-0.25, -0.2) is 0 Å². The molecule has 14 aromatic carbocycles. The molecule has 0 radical (unpaired) electrons. The molecule has 0 N–H and O–H groups in total. The first kappa shape index (κ1) is 39.9. The third-order valence-electron chi connectivity index (χ3n) is 15.5. The van der Waals surface area contributed by atoms with Gasteiger partial charge in [-0.2, -0.15) is 0 Å². The van der Waals surface area contributed by atoms with Crippen LogP contribution in [0.25, 0.3) is 75.8 Å². The molecule has 0 unspecified atom stereocenters. The lowest BCUT2D eigenvalue weighted by Gasteiger charge is -2.34. The number of nitrogens with zero attached hydrogens (tertiary/aromatic N) is 2. The Labute approximate surface area is 413 Å². The minimum Gasteiger partial charge on any atom is -0.310 e. The summed E-state index contributed by atoms with van der Waals surface area (Å²) in [6, 6.07) is 100. The highest BCUT2D eigenvalue weighted by atomic mass is 28.3. The van der Waals surface area contributed by atoms with Crippen LogP contribution in [0.1, 0.15) is 0 Å². The average Bonchev–Trinajstić information content (AvgIpc) is 3.72. The molecule has 0 aliphatic carbocycles. The Morgan fingerprint density at radius 1 is 0.211 bits per heavy atom. The first-order valence-electron chi connectivity index (χ1n) is 24.7. The summed E-state index contributed by atoms with van der Waals surface area (Å²) in [4.78, 5) is 4.95. The topological polar surface area (TPSA) is 6.48 Å². The normalized spacial score (nSPS) is 12.9. The van der Waals surface area contributed by atoms with Crippen molar-refractivity contribution in [2.45, 2.75) is 0 Å².